The van der Waals surface area contributed by atoms with Gasteiger partial charge in [-0.1, -0.05) is 6.07 Å². The van der Waals surface area contributed by atoms with Gasteiger partial charge in [-0.15, -0.1) is 0 Å². The average molecular weight is 342 g/mol. The fraction of sp³-hybridized carbons (Fsp3) is 0.150. The Morgan fingerprint density at radius 1 is 0.808 bits per heavy atom. The van der Waals surface area contributed by atoms with Crippen LogP contribution in [0.3, 0.4) is 0 Å². The van der Waals surface area contributed by atoms with Gasteiger partial charge in [-0.05, 0) is 42.7 Å². The Hall–Kier alpha value is -3.41. The van der Waals surface area contributed by atoms with E-state index >= 15 is 0 Å². The largest absolute Gasteiger partial charge is 0.331 e. The molecule has 0 spiro atoms. The quantitative estimate of drug-likeness (QED) is 0.537. The highest BCUT2D eigenvalue weighted by atomic mass is 15.1. The summed E-state index contributed by atoms with van der Waals surface area (Å²) in [5.74, 6) is 1.50. The van der Waals surface area contributed by atoms with Crippen molar-refractivity contribution in [3.63, 3.8) is 0 Å². The zero-order chi connectivity index (χ0) is 17.6. The molecule has 0 aromatic carbocycles. The number of aromatic nitrogens is 6. The van der Waals surface area contributed by atoms with Crippen molar-refractivity contribution in [1.82, 2.24) is 29.5 Å². The predicted octanol–water partition coefficient (Wildman–Crippen LogP) is 3.43. The first-order valence-corrected chi connectivity index (χ1v) is 8.54. The van der Waals surface area contributed by atoms with Crippen LogP contribution >= 0.6 is 0 Å². The van der Waals surface area contributed by atoms with Crippen LogP contribution in [-0.2, 0) is 13.0 Å². The van der Waals surface area contributed by atoms with Crippen molar-refractivity contribution < 1.29 is 0 Å². The molecule has 6 heteroatoms. The van der Waals surface area contributed by atoms with Gasteiger partial charge in [-0.3, -0.25) is 9.97 Å². The van der Waals surface area contributed by atoms with Crippen molar-refractivity contribution in [3.05, 3.63) is 79.3 Å². The first kappa shape index (κ1) is 16.1. The lowest BCUT2D eigenvalue weighted by Gasteiger charge is -2.08. The van der Waals surface area contributed by atoms with Gasteiger partial charge in [0.05, 0.1) is 5.56 Å². The second-order valence-electron chi connectivity index (χ2n) is 5.91. The molecule has 4 aromatic rings. The Kier molecular flexibility index (Phi) is 4.73. The van der Waals surface area contributed by atoms with E-state index in [0.29, 0.717) is 5.82 Å². The van der Waals surface area contributed by atoms with Crippen molar-refractivity contribution in [2.75, 3.05) is 0 Å². The van der Waals surface area contributed by atoms with Gasteiger partial charge in [-0.2, -0.15) is 0 Å². The van der Waals surface area contributed by atoms with E-state index in [2.05, 4.69) is 41.6 Å². The Morgan fingerprint density at radius 3 is 2.42 bits per heavy atom. The van der Waals surface area contributed by atoms with E-state index in [-0.39, 0.29) is 0 Å². The van der Waals surface area contributed by atoms with Gasteiger partial charge in [0.2, 0.25) is 0 Å². The minimum Gasteiger partial charge on any atom is -0.331 e. The Morgan fingerprint density at radius 2 is 1.65 bits per heavy atom. The summed E-state index contributed by atoms with van der Waals surface area (Å²) >= 11 is 0. The monoisotopic (exact) mass is 342 g/mol. The minimum absolute atomic E-state index is 0.616. The molecule has 0 aliphatic heterocycles. The molecule has 0 N–H and O–H groups in total. The molecule has 0 saturated carbocycles. The average Bonchev–Trinajstić information content (AvgIpc) is 3.18. The molecule has 0 unspecified atom stereocenters. The molecule has 0 aliphatic rings. The van der Waals surface area contributed by atoms with E-state index in [1.165, 1.54) is 5.56 Å². The van der Waals surface area contributed by atoms with Crippen LogP contribution in [0, 0.1) is 0 Å². The van der Waals surface area contributed by atoms with Crippen LogP contribution in [0.5, 0.6) is 0 Å². The van der Waals surface area contributed by atoms with Gasteiger partial charge in [-0.25, -0.2) is 15.0 Å². The topological polar surface area (TPSA) is 69.4 Å². The Labute approximate surface area is 151 Å². The number of aryl methyl sites for hydroxylation is 2. The number of hydrogen-bond donors (Lipinski definition) is 0. The molecule has 0 saturated heterocycles. The van der Waals surface area contributed by atoms with Gasteiger partial charge in [0.15, 0.2) is 5.82 Å². The van der Waals surface area contributed by atoms with E-state index in [0.717, 1.165) is 36.5 Å². The highest BCUT2D eigenvalue weighted by Gasteiger charge is 2.08. The summed E-state index contributed by atoms with van der Waals surface area (Å²) < 4.78 is 2.14. The van der Waals surface area contributed by atoms with Gasteiger partial charge < -0.3 is 4.57 Å². The van der Waals surface area contributed by atoms with Crippen molar-refractivity contribution in [2.45, 2.75) is 19.4 Å². The molecule has 0 amide bonds. The lowest BCUT2D eigenvalue weighted by atomic mass is 10.1. The normalized spacial score (nSPS) is 10.8. The summed E-state index contributed by atoms with van der Waals surface area (Å²) in [6.07, 6.45) is 14.9. The zero-order valence-electron chi connectivity index (χ0n) is 14.2. The van der Waals surface area contributed by atoms with E-state index in [4.69, 9.17) is 0 Å². The number of pyridine rings is 2. The Balaban J connectivity index is 1.46. The highest BCUT2D eigenvalue weighted by Crippen LogP contribution is 2.18. The van der Waals surface area contributed by atoms with Crippen LogP contribution in [0.15, 0.2) is 73.7 Å². The van der Waals surface area contributed by atoms with Gasteiger partial charge in [0.25, 0.3) is 0 Å². The van der Waals surface area contributed by atoms with E-state index in [1.54, 1.807) is 18.6 Å². The van der Waals surface area contributed by atoms with Gasteiger partial charge >= 0.3 is 0 Å². The third-order valence-corrected chi connectivity index (χ3v) is 4.13. The third-order valence-electron chi connectivity index (χ3n) is 4.13. The molecule has 0 aliphatic carbocycles. The van der Waals surface area contributed by atoms with Crippen LogP contribution in [0.1, 0.15) is 12.0 Å². The van der Waals surface area contributed by atoms with Crippen LogP contribution in [0.2, 0.25) is 0 Å². The van der Waals surface area contributed by atoms with Crippen molar-refractivity contribution >= 4 is 0 Å². The molecule has 4 rings (SSSR count). The molecule has 4 aromatic heterocycles. The van der Waals surface area contributed by atoms with Gasteiger partial charge in [0, 0.05) is 49.9 Å². The molecule has 0 radical (unpaired) electrons. The summed E-state index contributed by atoms with van der Waals surface area (Å²) in [6.45, 7) is 0.889. The maximum Gasteiger partial charge on any atom is 0.178 e. The third kappa shape index (κ3) is 3.64. The summed E-state index contributed by atoms with van der Waals surface area (Å²) in [5, 5.41) is 0. The van der Waals surface area contributed by atoms with Gasteiger partial charge in [0.1, 0.15) is 11.5 Å². The van der Waals surface area contributed by atoms with Crippen LogP contribution < -0.4 is 0 Å². The predicted molar refractivity (Wildman–Crippen MR) is 99.0 cm³/mol. The molecule has 6 nitrogen and oxygen atoms in total. The summed E-state index contributed by atoms with van der Waals surface area (Å²) in [7, 11) is 0. The van der Waals surface area contributed by atoms with Crippen molar-refractivity contribution in [3.8, 4) is 22.9 Å². The number of hydrogen-bond acceptors (Lipinski definition) is 5. The van der Waals surface area contributed by atoms with Crippen LogP contribution in [-0.4, -0.2) is 29.5 Å². The standard InChI is InChI=1S/C20H18N6/c1-2-8-22-18(5-1)19-24-14-17(15-25-19)20-23-11-13-26(20)12-3-4-16-6-9-21-10-7-16/h1-2,5-11,13-15H,3-4,12H2. The lowest BCUT2D eigenvalue weighted by Crippen LogP contribution is -2.02. The van der Waals surface area contributed by atoms with E-state index < -0.39 is 0 Å². The highest BCUT2D eigenvalue weighted by molar-refractivity contribution is 5.56. The van der Waals surface area contributed by atoms with Crippen molar-refractivity contribution in [2.24, 2.45) is 0 Å². The van der Waals surface area contributed by atoms with Crippen LogP contribution in [0.4, 0.5) is 0 Å². The second kappa shape index (κ2) is 7.65. The zero-order valence-corrected chi connectivity index (χ0v) is 14.2. The first-order chi connectivity index (χ1) is 12.9. The van der Waals surface area contributed by atoms with Crippen molar-refractivity contribution in [1.29, 1.82) is 0 Å². The summed E-state index contributed by atoms with van der Waals surface area (Å²) in [4.78, 5) is 21.7. The second-order valence-corrected chi connectivity index (χ2v) is 5.91. The van der Waals surface area contributed by atoms with E-state index in [1.807, 2.05) is 43.0 Å². The fourth-order valence-electron chi connectivity index (χ4n) is 2.82. The lowest BCUT2D eigenvalue weighted by molar-refractivity contribution is 0.647. The molecule has 26 heavy (non-hydrogen) atoms. The summed E-state index contributed by atoms with van der Waals surface area (Å²) in [6, 6.07) is 9.81. The molecule has 0 atom stereocenters. The molecular weight excluding hydrogens is 324 g/mol. The molecule has 0 fully saturated rings. The SMILES string of the molecule is c1ccc(-c2ncc(-c3nccn3CCCc3ccncc3)cn2)nc1. The molecule has 0 bridgehead atoms. The van der Waals surface area contributed by atoms with Crippen LogP contribution in [0.25, 0.3) is 22.9 Å². The molecular formula is C20H18N6. The number of nitrogens with zero attached hydrogens (tertiary/aromatic N) is 6. The number of rotatable bonds is 6. The maximum absolute atomic E-state index is 4.47. The molecule has 128 valence electrons. The first-order valence-electron chi connectivity index (χ1n) is 8.54. The smallest absolute Gasteiger partial charge is 0.178 e. The maximum atomic E-state index is 4.47. The number of imidazole rings is 1. The Bertz CT molecular complexity index is 949. The van der Waals surface area contributed by atoms with E-state index in [9.17, 15) is 0 Å². The summed E-state index contributed by atoms with van der Waals surface area (Å²) in [5.41, 5.74) is 2.96. The molecule has 4 heterocycles. The fourth-order valence-corrected chi connectivity index (χ4v) is 2.82. The minimum atomic E-state index is 0.616.